The van der Waals surface area contributed by atoms with Gasteiger partial charge in [-0.25, -0.2) is 9.66 Å². The second-order valence-electron chi connectivity index (χ2n) is 5.14. The van der Waals surface area contributed by atoms with Crippen molar-refractivity contribution < 1.29 is 0 Å². The molecule has 3 rings (SSSR count). The quantitative estimate of drug-likeness (QED) is 0.745. The molecule has 7 nitrogen and oxygen atoms in total. The van der Waals surface area contributed by atoms with Crippen molar-refractivity contribution in [1.82, 2.24) is 14.6 Å². The second-order valence-corrected chi connectivity index (χ2v) is 5.14. The van der Waals surface area contributed by atoms with E-state index in [4.69, 9.17) is 5.26 Å². The van der Waals surface area contributed by atoms with Gasteiger partial charge < -0.3 is 4.98 Å². The highest BCUT2D eigenvalue weighted by Gasteiger charge is 2.12. The number of benzene rings is 1. The Balaban J connectivity index is 2.17. The maximum atomic E-state index is 12.4. The molecule has 0 amide bonds. The van der Waals surface area contributed by atoms with Gasteiger partial charge in [0.2, 0.25) is 5.82 Å². The SMILES string of the molecule is Cc1cc(C)n(Nc2nc3ccccc3[nH]c2=O)c(=O)c1C#N. The lowest BCUT2D eigenvalue weighted by Crippen LogP contribution is -2.33. The van der Waals surface area contributed by atoms with Gasteiger partial charge in [-0.3, -0.25) is 15.0 Å². The Labute approximate surface area is 130 Å². The lowest BCUT2D eigenvalue weighted by atomic mass is 10.1. The fraction of sp³-hybridized carbons (Fsp3) is 0.125. The van der Waals surface area contributed by atoms with Crippen LogP contribution in [-0.2, 0) is 0 Å². The van der Waals surface area contributed by atoms with Crippen molar-refractivity contribution in [3.8, 4) is 6.07 Å². The van der Waals surface area contributed by atoms with Crippen LogP contribution in [0.1, 0.15) is 16.8 Å². The molecular weight excluding hydrogens is 294 g/mol. The number of aryl methyl sites for hydroxylation is 2. The summed E-state index contributed by atoms with van der Waals surface area (Å²) in [6.45, 7) is 3.40. The van der Waals surface area contributed by atoms with Gasteiger partial charge in [0.1, 0.15) is 11.6 Å². The first-order chi connectivity index (χ1) is 11.0. The zero-order valence-electron chi connectivity index (χ0n) is 12.5. The van der Waals surface area contributed by atoms with Gasteiger partial charge in [0.05, 0.1) is 11.0 Å². The Hall–Kier alpha value is -3.40. The lowest BCUT2D eigenvalue weighted by Gasteiger charge is -2.13. The monoisotopic (exact) mass is 307 g/mol. The molecule has 7 heteroatoms. The van der Waals surface area contributed by atoms with Crippen LogP contribution in [-0.4, -0.2) is 14.6 Å². The summed E-state index contributed by atoms with van der Waals surface area (Å²) >= 11 is 0. The van der Waals surface area contributed by atoms with Gasteiger partial charge >= 0.3 is 0 Å². The number of hydrogen-bond acceptors (Lipinski definition) is 5. The molecule has 2 aromatic heterocycles. The molecule has 3 aromatic rings. The number of para-hydroxylation sites is 2. The molecule has 0 fully saturated rings. The maximum absolute atomic E-state index is 12.4. The van der Waals surface area contributed by atoms with Crippen molar-refractivity contribution in [1.29, 1.82) is 5.26 Å². The van der Waals surface area contributed by atoms with E-state index in [1.807, 2.05) is 6.07 Å². The molecule has 0 spiro atoms. The highest BCUT2D eigenvalue weighted by Crippen LogP contribution is 2.09. The summed E-state index contributed by atoms with van der Waals surface area (Å²) in [4.78, 5) is 31.4. The van der Waals surface area contributed by atoms with Gasteiger partial charge in [-0.1, -0.05) is 12.1 Å². The smallest absolute Gasteiger partial charge is 0.292 e. The predicted molar refractivity (Wildman–Crippen MR) is 86.3 cm³/mol. The van der Waals surface area contributed by atoms with Crippen molar-refractivity contribution >= 4 is 16.9 Å². The molecule has 0 atom stereocenters. The largest absolute Gasteiger partial charge is 0.317 e. The van der Waals surface area contributed by atoms with Crippen LogP contribution in [0.25, 0.3) is 11.0 Å². The Bertz CT molecular complexity index is 1070. The number of rotatable bonds is 2. The Kier molecular flexibility index (Phi) is 3.43. The van der Waals surface area contributed by atoms with E-state index in [2.05, 4.69) is 15.4 Å². The van der Waals surface area contributed by atoms with E-state index < -0.39 is 11.1 Å². The molecule has 114 valence electrons. The van der Waals surface area contributed by atoms with Gasteiger partial charge in [-0.15, -0.1) is 0 Å². The molecule has 0 radical (unpaired) electrons. The highest BCUT2D eigenvalue weighted by molar-refractivity contribution is 5.75. The number of fused-ring (bicyclic) bond motifs is 1. The van der Waals surface area contributed by atoms with Crippen molar-refractivity contribution in [3.63, 3.8) is 0 Å². The molecule has 1 aromatic carbocycles. The van der Waals surface area contributed by atoms with Crippen LogP contribution in [0.3, 0.4) is 0 Å². The minimum Gasteiger partial charge on any atom is -0.317 e. The highest BCUT2D eigenvalue weighted by atomic mass is 16.1. The number of hydrogen-bond donors (Lipinski definition) is 2. The number of nitrogens with zero attached hydrogens (tertiary/aromatic N) is 3. The molecule has 0 aliphatic rings. The normalized spacial score (nSPS) is 10.5. The second kappa shape index (κ2) is 5.42. The van der Waals surface area contributed by atoms with E-state index in [1.54, 1.807) is 44.2 Å². The third kappa shape index (κ3) is 2.46. The first-order valence-corrected chi connectivity index (χ1v) is 6.90. The molecule has 23 heavy (non-hydrogen) atoms. The van der Waals surface area contributed by atoms with Gasteiger partial charge in [0, 0.05) is 5.69 Å². The summed E-state index contributed by atoms with van der Waals surface area (Å²) in [5, 5.41) is 9.10. The van der Waals surface area contributed by atoms with Gasteiger partial charge in [-0.2, -0.15) is 5.26 Å². The summed E-state index contributed by atoms with van der Waals surface area (Å²) in [5.74, 6) is -0.0124. The Morgan fingerprint density at radius 3 is 2.74 bits per heavy atom. The number of aromatic nitrogens is 3. The first-order valence-electron chi connectivity index (χ1n) is 6.90. The Morgan fingerprint density at radius 1 is 1.26 bits per heavy atom. The van der Waals surface area contributed by atoms with Crippen LogP contribution < -0.4 is 16.5 Å². The van der Waals surface area contributed by atoms with Crippen molar-refractivity contribution in [2.75, 3.05) is 5.43 Å². The van der Waals surface area contributed by atoms with Crippen molar-refractivity contribution in [3.05, 3.63) is 67.9 Å². The van der Waals surface area contributed by atoms with E-state index in [0.29, 0.717) is 22.3 Å². The fourth-order valence-electron chi connectivity index (χ4n) is 2.38. The van der Waals surface area contributed by atoms with Gasteiger partial charge in [0.15, 0.2) is 0 Å². The van der Waals surface area contributed by atoms with Crippen molar-refractivity contribution in [2.45, 2.75) is 13.8 Å². The lowest BCUT2D eigenvalue weighted by molar-refractivity contribution is 0.833. The summed E-state index contributed by atoms with van der Waals surface area (Å²) in [5.41, 5.74) is 4.12. The standard InChI is InChI=1S/C16H13N5O2/c1-9-7-10(2)21(16(23)11(9)8-17)20-14-15(22)19-13-6-4-3-5-12(13)18-14/h3-7H,1-2H3,(H,18,20)(H,19,22). The van der Waals surface area contributed by atoms with Crippen LogP contribution in [0, 0.1) is 25.2 Å². The topological polar surface area (TPSA) is 104 Å². The third-order valence-corrected chi connectivity index (χ3v) is 3.52. The van der Waals surface area contributed by atoms with E-state index in [9.17, 15) is 9.59 Å². The molecule has 2 N–H and O–H groups in total. The molecule has 2 heterocycles. The Morgan fingerprint density at radius 2 is 2.00 bits per heavy atom. The number of pyridine rings is 1. The van der Waals surface area contributed by atoms with Crippen LogP contribution in [0.2, 0.25) is 0 Å². The van der Waals surface area contributed by atoms with Gasteiger partial charge in [0.25, 0.3) is 11.1 Å². The van der Waals surface area contributed by atoms with E-state index in [-0.39, 0.29) is 11.4 Å². The molecule has 0 saturated carbocycles. The summed E-state index contributed by atoms with van der Waals surface area (Å²) < 4.78 is 1.15. The predicted octanol–water partition coefficient (Wildman–Crippen LogP) is 1.45. The zero-order valence-corrected chi connectivity index (χ0v) is 12.5. The fourth-order valence-corrected chi connectivity index (χ4v) is 2.38. The number of nitriles is 1. The number of H-pyrrole nitrogens is 1. The summed E-state index contributed by atoms with van der Waals surface area (Å²) in [6.07, 6.45) is 0. The number of anilines is 1. The number of nitrogens with one attached hydrogen (secondary N) is 2. The average Bonchev–Trinajstić information content (AvgIpc) is 2.52. The summed E-state index contributed by atoms with van der Waals surface area (Å²) in [7, 11) is 0. The molecule has 0 bridgehead atoms. The zero-order chi connectivity index (χ0) is 16.6. The van der Waals surface area contributed by atoms with E-state index >= 15 is 0 Å². The van der Waals surface area contributed by atoms with E-state index in [0.717, 1.165) is 4.68 Å². The third-order valence-electron chi connectivity index (χ3n) is 3.52. The minimum absolute atomic E-state index is 0.0124. The summed E-state index contributed by atoms with van der Waals surface area (Å²) in [6, 6.07) is 10.7. The van der Waals surface area contributed by atoms with Crippen LogP contribution in [0.5, 0.6) is 0 Å². The number of aromatic amines is 1. The van der Waals surface area contributed by atoms with Crippen molar-refractivity contribution in [2.24, 2.45) is 0 Å². The molecule has 0 aliphatic heterocycles. The molecule has 0 unspecified atom stereocenters. The maximum Gasteiger partial charge on any atom is 0.292 e. The van der Waals surface area contributed by atoms with Crippen LogP contribution >= 0.6 is 0 Å². The minimum atomic E-state index is -0.514. The van der Waals surface area contributed by atoms with Crippen LogP contribution in [0.4, 0.5) is 5.82 Å². The molecular formula is C16H13N5O2. The average molecular weight is 307 g/mol. The van der Waals surface area contributed by atoms with Gasteiger partial charge in [-0.05, 0) is 37.6 Å². The molecule has 0 aliphatic carbocycles. The molecule has 0 saturated heterocycles. The van der Waals surface area contributed by atoms with E-state index in [1.165, 1.54) is 0 Å². The van der Waals surface area contributed by atoms with Crippen LogP contribution in [0.15, 0.2) is 39.9 Å². The first kappa shape index (κ1) is 14.5.